The van der Waals surface area contributed by atoms with Crippen LogP contribution in [0.3, 0.4) is 0 Å². The molecule has 0 unspecified atom stereocenters. The van der Waals surface area contributed by atoms with Gasteiger partial charge in [0.05, 0.1) is 18.8 Å². The largest absolute Gasteiger partial charge is 0.409 e. The molecular formula is C18H27ClN2O5SSi. The predicted molar refractivity (Wildman–Crippen MR) is 110 cm³/mol. The van der Waals surface area contributed by atoms with E-state index in [1.807, 2.05) is 24.3 Å². The van der Waals surface area contributed by atoms with Gasteiger partial charge in [-0.1, -0.05) is 49.7 Å². The number of rotatable bonds is 8. The van der Waals surface area contributed by atoms with Crippen LogP contribution >= 0.6 is 11.6 Å². The molecule has 0 aliphatic carbocycles. The quantitative estimate of drug-likeness (QED) is 0.435. The molecule has 28 heavy (non-hydrogen) atoms. The molecule has 1 aromatic carbocycles. The standard InChI is InChI=1S/C18H27ClN2O5SSi/c1-18(2,3)28(5,6)26-15(13-7-9-14(19)10-8-13)11-17-20-16(21-25-17)12-24-27(4,22)23/h7-10,15H,11-12H2,1-6H3/t15-/m0/s1. The highest BCUT2D eigenvalue weighted by Gasteiger charge is 2.39. The minimum atomic E-state index is -3.58. The van der Waals surface area contributed by atoms with Crippen LogP contribution in [0.25, 0.3) is 0 Å². The lowest BCUT2D eigenvalue weighted by Crippen LogP contribution is -2.42. The van der Waals surface area contributed by atoms with Gasteiger partial charge in [0.25, 0.3) is 10.1 Å². The van der Waals surface area contributed by atoms with Crippen molar-refractivity contribution in [3.05, 3.63) is 46.6 Å². The Morgan fingerprint density at radius 3 is 2.36 bits per heavy atom. The summed E-state index contributed by atoms with van der Waals surface area (Å²) in [7, 11) is -5.66. The average molecular weight is 447 g/mol. The van der Waals surface area contributed by atoms with Crippen molar-refractivity contribution in [1.82, 2.24) is 10.1 Å². The zero-order valence-corrected chi connectivity index (χ0v) is 19.6. The zero-order valence-electron chi connectivity index (χ0n) is 17.0. The lowest BCUT2D eigenvalue weighted by molar-refractivity contribution is 0.170. The van der Waals surface area contributed by atoms with Crippen molar-refractivity contribution in [2.75, 3.05) is 6.26 Å². The van der Waals surface area contributed by atoms with E-state index < -0.39 is 18.4 Å². The van der Waals surface area contributed by atoms with Crippen LogP contribution in [-0.4, -0.2) is 33.1 Å². The van der Waals surface area contributed by atoms with E-state index in [0.717, 1.165) is 11.8 Å². The third-order valence-electron chi connectivity index (χ3n) is 4.76. The van der Waals surface area contributed by atoms with E-state index in [1.165, 1.54) is 0 Å². The molecule has 0 fully saturated rings. The molecule has 0 radical (unpaired) electrons. The highest BCUT2D eigenvalue weighted by Crippen LogP contribution is 2.40. The molecule has 1 heterocycles. The van der Waals surface area contributed by atoms with Gasteiger partial charge in [-0.15, -0.1) is 0 Å². The fourth-order valence-corrected chi connectivity index (χ4v) is 3.92. The molecule has 0 saturated heterocycles. The zero-order chi connectivity index (χ0) is 21.2. The SMILES string of the molecule is CC(C)(C)[Si](C)(C)O[C@@H](Cc1nc(COS(C)(=O)=O)no1)c1ccc(Cl)cc1. The lowest BCUT2D eigenvalue weighted by atomic mass is 10.1. The van der Waals surface area contributed by atoms with Gasteiger partial charge in [0, 0.05) is 5.02 Å². The number of nitrogens with zero attached hydrogens (tertiary/aromatic N) is 2. The van der Waals surface area contributed by atoms with Gasteiger partial charge in [0.1, 0.15) is 6.61 Å². The van der Waals surface area contributed by atoms with E-state index in [4.69, 9.17) is 24.7 Å². The monoisotopic (exact) mass is 446 g/mol. The summed E-state index contributed by atoms with van der Waals surface area (Å²) < 4.78 is 38.8. The molecule has 2 aromatic rings. The number of hydrogen-bond donors (Lipinski definition) is 0. The second-order valence-electron chi connectivity index (χ2n) is 8.19. The fourth-order valence-electron chi connectivity index (χ4n) is 2.19. The van der Waals surface area contributed by atoms with Crippen molar-refractivity contribution < 1.29 is 21.5 Å². The Morgan fingerprint density at radius 2 is 1.82 bits per heavy atom. The molecule has 0 aliphatic rings. The minimum absolute atomic E-state index is 0.0288. The summed E-state index contributed by atoms with van der Waals surface area (Å²) in [5, 5.41) is 4.46. The first-order chi connectivity index (χ1) is 12.8. The molecule has 0 amide bonds. The van der Waals surface area contributed by atoms with Crippen LogP contribution in [0.15, 0.2) is 28.8 Å². The first-order valence-electron chi connectivity index (χ1n) is 8.86. The van der Waals surface area contributed by atoms with Crippen LogP contribution in [0, 0.1) is 0 Å². The Labute approximate surface area is 172 Å². The number of halogens is 1. The van der Waals surface area contributed by atoms with E-state index in [-0.39, 0.29) is 23.6 Å². The molecule has 7 nitrogen and oxygen atoms in total. The van der Waals surface area contributed by atoms with Crippen molar-refractivity contribution in [3.63, 3.8) is 0 Å². The normalized spacial score (nSPS) is 14.2. The summed E-state index contributed by atoms with van der Waals surface area (Å²) in [4.78, 5) is 4.23. The van der Waals surface area contributed by atoms with Gasteiger partial charge < -0.3 is 8.95 Å². The second kappa shape index (κ2) is 8.62. The third-order valence-corrected chi connectivity index (χ3v) is 10.0. The van der Waals surface area contributed by atoms with Gasteiger partial charge in [-0.05, 0) is 35.8 Å². The molecule has 0 N–H and O–H groups in total. The van der Waals surface area contributed by atoms with E-state index in [2.05, 4.69) is 44.0 Å². The summed E-state index contributed by atoms with van der Waals surface area (Å²) in [6.45, 7) is 10.6. The molecule has 1 aromatic heterocycles. The second-order valence-corrected chi connectivity index (χ2v) is 15.0. The van der Waals surface area contributed by atoms with Gasteiger partial charge >= 0.3 is 0 Å². The van der Waals surface area contributed by atoms with Crippen molar-refractivity contribution in [2.24, 2.45) is 0 Å². The molecule has 0 saturated carbocycles. The van der Waals surface area contributed by atoms with Gasteiger partial charge in [-0.25, -0.2) is 0 Å². The highest BCUT2D eigenvalue weighted by molar-refractivity contribution is 7.85. The summed E-state index contributed by atoms with van der Waals surface area (Å²) in [6.07, 6.45) is 1.04. The Kier molecular flexibility index (Phi) is 7.09. The van der Waals surface area contributed by atoms with Crippen molar-refractivity contribution in [1.29, 1.82) is 0 Å². The van der Waals surface area contributed by atoms with Crippen LogP contribution in [-0.2, 0) is 31.8 Å². The first kappa shape index (κ1) is 23.0. The molecule has 0 spiro atoms. The Morgan fingerprint density at radius 1 is 1.21 bits per heavy atom. The maximum atomic E-state index is 11.1. The summed E-state index contributed by atoms with van der Waals surface area (Å²) in [5.74, 6) is 0.522. The lowest BCUT2D eigenvalue weighted by Gasteiger charge is -2.39. The summed E-state index contributed by atoms with van der Waals surface area (Å²) >= 11 is 6.02. The minimum Gasteiger partial charge on any atom is -0.409 e. The van der Waals surface area contributed by atoms with E-state index in [9.17, 15) is 8.42 Å². The number of hydrogen-bond acceptors (Lipinski definition) is 7. The highest BCUT2D eigenvalue weighted by atomic mass is 35.5. The van der Waals surface area contributed by atoms with Crippen LogP contribution in [0.2, 0.25) is 23.2 Å². The van der Waals surface area contributed by atoms with Crippen molar-refractivity contribution >= 4 is 30.0 Å². The number of aromatic nitrogens is 2. The molecule has 0 bridgehead atoms. The summed E-state index contributed by atoms with van der Waals surface area (Å²) in [6, 6.07) is 7.48. The Balaban J connectivity index is 2.23. The van der Waals surface area contributed by atoms with Crippen LogP contribution < -0.4 is 0 Å². The average Bonchev–Trinajstić information content (AvgIpc) is 2.99. The van der Waals surface area contributed by atoms with Crippen LogP contribution in [0.4, 0.5) is 0 Å². The molecule has 1 atom stereocenters. The topological polar surface area (TPSA) is 91.5 Å². The van der Waals surface area contributed by atoms with Gasteiger partial charge in [0.2, 0.25) is 5.89 Å². The first-order valence-corrected chi connectivity index (χ1v) is 14.0. The maximum Gasteiger partial charge on any atom is 0.264 e. The smallest absolute Gasteiger partial charge is 0.264 e. The van der Waals surface area contributed by atoms with Crippen molar-refractivity contribution in [3.8, 4) is 0 Å². The van der Waals surface area contributed by atoms with Crippen LogP contribution in [0.5, 0.6) is 0 Å². The third kappa shape index (κ3) is 6.66. The molecular weight excluding hydrogens is 420 g/mol. The summed E-state index contributed by atoms with van der Waals surface area (Å²) in [5.41, 5.74) is 0.960. The predicted octanol–water partition coefficient (Wildman–Crippen LogP) is 4.50. The molecule has 10 heteroatoms. The maximum absolute atomic E-state index is 11.1. The Hall–Kier alpha value is -1.26. The fraction of sp³-hybridized carbons (Fsp3) is 0.556. The Bertz CT molecular complexity index is 891. The molecule has 156 valence electrons. The van der Waals surface area contributed by atoms with E-state index in [1.54, 1.807) is 0 Å². The molecule has 2 rings (SSSR count). The van der Waals surface area contributed by atoms with Gasteiger partial charge in [-0.3, -0.25) is 4.18 Å². The van der Waals surface area contributed by atoms with Gasteiger partial charge in [-0.2, -0.15) is 13.4 Å². The van der Waals surface area contributed by atoms with Crippen molar-refractivity contribution in [2.45, 2.75) is 58.0 Å². The number of benzene rings is 1. The van der Waals surface area contributed by atoms with E-state index in [0.29, 0.717) is 17.3 Å². The van der Waals surface area contributed by atoms with E-state index >= 15 is 0 Å². The van der Waals surface area contributed by atoms with Crippen LogP contribution in [0.1, 0.15) is 44.2 Å². The van der Waals surface area contributed by atoms with Gasteiger partial charge in [0.15, 0.2) is 14.1 Å². The molecule has 0 aliphatic heterocycles.